The second-order valence-corrected chi connectivity index (χ2v) is 10.5. The van der Waals surface area contributed by atoms with Crippen LogP contribution < -0.4 is 26.5 Å². The molecule has 42 heavy (non-hydrogen) atoms. The van der Waals surface area contributed by atoms with Crippen molar-refractivity contribution in [2.24, 2.45) is 13.0 Å². The summed E-state index contributed by atoms with van der Waals surface area (Å²) in [5.74, 6) is -2.89. The normalized spacial score (nSPS) is 22.1. The number of benzene rings is 1. The Morgan fingerprint density at radius 1 is 1.19 bits per heavy atom. The van der Waals surface area contributed by atoms with Crippen LogP contribution in [0.3, 0.4) is 0 Å². The molecule has 3 aromatic rings. The van der Waals surface area contributed by atoms with Gasteiger partial charge in [0.05, 0.1) is 12.7 Å². The van der Waals surface area contributed by atoms with Crippen molar-refractivity contribution in [3.8, 4) is 0 Å². The van der Waals surface area contributed by atoms with E-state index in [1.54, 1.807) is 0 Å². The Balaban J connectivity index is 1.48. The molecule has 0 saturated carbocycles. The molecule has 3 aliphatic rings. The molecule has 12 nitrogen and oxygen atoms in total. The van der Waals surface area contributed by atoms with Crippen LogP contribution in [0.5, 0.6) is 0 Å². The number of rotatable bonds is 7. The van der Waals surface area contributed by atoms with E-state index in [0.717, 1.165) is 15.6 Å². The third-order valence-electron chi connectivity index (χ3n) is 8.00. The fourth-order valence-electron chi connectivity index (χ4n) is 6.04. The Bertz CT molecular complexity index is 1590. The second kappa shape index (κ2) is 10.6. The van der Waals surface area contributed by atoms with E-state index in [2.05, 4.69) is 10.3 Å². The van der Waals surface area contributed by atoms with E-state index in [0.29, 0.717) is 30.3 Å². The van der Waals surface area contributed by atoms with Crippen LogP contribution in [0.2, 0.25) is 0 Å². The minimum absolute atomic E-state index is 0.0946. The highest BCUT2D eigenvalue weighted by atomic mass is 19.4. The summed E-state index contributed by atoms with van der Waals surface area (Å²) in [5, 5.41) is 3.98. The lowest BCUT2D eigenvalue weighted by Crippen LogP contribution is -2.59. The van der Waals surface area contributed by atoms with E-state index in [1.165, 1.54) is 48.7 Å². The summed E-state index contributed by atoms with van der Waals surface area (Å²) in [5.41, 5.74) is -1.10. The van der Waals surface area contributed by atoms with Crippen molar-refractivity contribution in [3.05, 3.63) is 74.8 Å². The molecular weight excluding hydrogens is 566 g/mol. The number of aromatic nitrogens is 3. The molecular formula is C26H27F4N7O5. The maximum Gasteiger partial charge on any atom is 0.493 e. The number of hydrogen-bond acceptors (Lipinski definition) is 10. The lowest BCUT2D eigenvalue weighted by molar-refractivity contribution is -0.203. The van der Waals surface area contributed by atoms with Gasteiger partial charge in [0.1, 0.15) is 12.1 Å². The van der Waals surface area contributed by atoms with Crippen molar-refractivity contribution in [2.45, 2.75) is 44.4 Å². The molecule has 0 bridgehead atoms. The first-order valence-electron chi connectivity index (χ1n) is 13.3. The van der Waals surface area contributed by atoms with Crippen molar-refractivity contribution in [1.82, 2.24) is 24.3 Å². The number of carbonyl (C=O) groups is 1. The molecule has 0 spiro atoms. The topological polar surface area (TPSA) is 118 Å². The third kappa shape index (κ3) is 4.83. The Kier molecular flexibility index (Phi) is 7.04. The maximum atomic E-state index is 14.0. The van der Waals surface area contributed by atoms with E-state index in [9.17, 15) is 31.9 Å². The fraction of sp³-hybridized carbons (Fsp3) is 0.462. The van der Waals surface area contributed by atoms with Gasteiger partial charge < -0.3 is 19.5 Å². The highest BCUT2D eigenvalue weighted by Crippen LogP contribution is 2.42. The average molecular weight is 594 g/mol. The third-order valence-corrected chi connectivity index (χ3v) is 8.00. The molecule has 2 fully saturated rings. The Hall–Kier alpha value is -4.18. The Morgan fingerprint density at radius 2 is 1.95 bits per heavy atom. The quantitative estimate of drug-likeness (QED) is 0.402. The van der Waals surface area contributed by atoms with Gasteiger partial charge in [-0.2, -0.15) is 13.2 Å². The summed E-state index contributed by atoms with van der Waals surface area (Å²) in [7, 11) is 1.29. The molecule has 0 amide bonds. The molecule has 16 heteroatoms. The van der Waals surface area contributed by atoms with E-state index < -0.39 is 35.5 Å². The lowest BCUT2D eigenvalue weighted by atomic mass is 10.1. The van der Waals surface area contributed by atoms with Crippen LogP contribution in [0, 0.1) is 11.7 Å². The van der Waals surface area contributed by atoms with Gasteiger partial charge in [0.2, 0.25) is 5.89 Å². The number of alkyl halides is 3. The predicted octanol–water partition coefficient (Wildman–Crippen LogP) is 1.34. The van der Waals surface area contributed by atoms with Crippen LogP contribution in [0.25, 0.3) is 0 Å². The summed E-state index contributed by atoms with van der Waals surface area (Å²) < 4.78 is 61.2. The molecule has 1 aromatic carbocycles. The average Bonchev–Trinajstić information content (AvgIpc) is 3.74. The van der Waals surface area contributed by atoms with Crippen LogP contribution >= 0.6 is 0 Å². The van der Waals surface area contributed by atoms with Gasteiger partial charge in [-0.15, -0.1) is 5.06 Å². The number of hydrogen-bond donors (Lipinski definition) is 1. The Labute approximate surface area is 235 Å². The number of anilines is 2. The van der Waals surface area contributed by atoms with Crippen molar-refractivity contribution < 1.29 is 31.6 Å². The highest BCUT2D eigenvalue weighted by molar-refractivity contribution is 5.79. The molecule has 6 rings (SSSR count). The van der Waals surface area contributed by atoms with Crippen LogP contribution in [0.4, 0.5) is 29.1 Å². The molecule has 0 radical (unpaired) electrons. The number of nitrogens with zero attached hydrogens (tertiary/aromatic N) is 6. The van der Waals surface area contributed by atoms with Crippen molar-refractivity contribution >= 4 is 17.5 Å². The highest BCUT2D eigenvalue weighted by Gasteiger charge is 2.54. The SMILES string of the molecule is Cn1c2c(c(=O)n(CCc3ccc(F)cc3)c1=O)N(Cc1ncco1)C(N1CCC3CNCC31)N2OC(=O)C(F)(F)F. The van der Waals surface area contributed by atoms with Crippen LogP contribution in [0.15, 0.2) is 50.7 Å². The smallest absolute Gasteiger partial charge is 0.447 e. The molecule has 0 aliphatic carbocycles. The molecule has 3 aliphatic heterocycles. The van der Waals surface area contributed by atoms with Gasteiger partial charge in [-0.3, -0.25) is 18.8 Å². The monoisotopic (exact) mass is 593 g/mol. The summed E-state index contributed by atoms with van der Waals surface area (Å²) in [6.45, 7) is 1.41. The first-order valence-corrected chi connectivity index (χ1v) is 13.3. The minimum atomic E-state index is -5.34. The summed E-state index contributed by atoms with van der Waals surface area (Å²) in [4.78, 5) is 52.2. The number of likely N-dealkylation sites (tertiary alicyclic amines) is 1. The Morgan fingerprint density at radius 3 is 2.64 bits per heavy atom. The number of hydroxylamine groups is 1. The largest absolute Gasteiger partial charge is 0.493 e. The second-order valence-electron chi connectivity index (χ2n) is 10.5. The zero-order valence-corrected chi connectivity index (χ0v) is 22.4. The molecule has 1 N–H and O–H groups in total. The van der Waals surface area contributed by atoms with Gasteiger partial charge in [-0.1, -0.05) is 12.1 Å². The van der Waals surface area contributed by atoms with Crippen molar-refractivity contribution in [1.29, 1.82) is 0 Å². The van der Waals surface area contributed by atoms with Crippen LogP contribution in [-0.4, -0.2) is 63.1 Å². The number of oxazole rings is 1. The van der Waals surface area contributed by atoms with Crippen molar-refractivity contribution in [3.63, 3.8) is 0 Å². The van der Waals surface area contributed by atoms with Gasteiger partial charge in [-0.25, -0.2) is 19.0 Å². The molecule has 3 unspecified atom stereocenters. The zero-order valence-electron chi connectivity index (χ0n) is 22.4. The maximum absolute atomic E-state index is 14.0. The first kappa shape index (κ1) is 28.0. The van der Waals surface area contributed by atoms with E-state index in [-0.39, 0.29) is 48.9 Å². The number of halogens is 4. The van der Waals surface area contributed by atoms with Gasteiger partial charge >= 0.3 is 17.8 Å². The standard InChI is InChI=1S/C26H27F4N7O5/c1-33-21-20(22(38)35(25(33)40)9-6-15-2-4-17(27)5-3-15)36(14-19-32-8-11-41-19)24(37(21)42-23(39)26(28,29)30)34-10-7-16-12-31-13-18(16)34/h2-5,8,11,16,18,24,31H,6-7,9-10,12-14H2,1H3. The summed E-state index contributed by atoms with van der Waals surface area (Å²) >= 11 is 0. The van der Waals surface area contributed by atoms with Gasteiger partial charge in [0.25, 0.3) is 5.56 Å². The fourth-order valence-corrected chi connectivity index (χ4v) is 6.04. The van der Waals surface area contributed by atoms with Crippen LogP contribution in [0.1, 0.15) is 17.9 Å². The van der Waals surface area contributed by atoms with E-state index in [4.69, 9.17) is 9.25 Å². The number of nitrogens with one attached hydrogen (secondary N) is 1. The summed E-state index contributed by atoms with van der Waals surface area (Å²) in [6.07, 6.45) is -2.93. The summed E-state index contributed by atoms with van der Waals surface area (Å²) in [6, 6.07) is 5.44. The zero-order chi connectivity index (χ0) is 29.8. The molecule has 3 atom stereocenters. The number of carbonyl (C=O) groups excluding carboxylic acids is 1. The van der Waals surface area contributed by atoms with E-state index >= 15 is 0 Å². The number of fused-ring (bicyclic) bond motifs is 2. The predicted molar refractivity (Wildman–Crippen MR) is 139 cm³/mol. The van der Waals surface area contributed by atoms with E-state index in [1.807, 2.05) is 4.90 Å². The van der Waals surface area contributed by atoms with Crippen LogP contribution in [-0.2, 0) is 36.2 Å². The van der Waals surface area contributed by atoms with Gasteiger partial charge in [0.15, 0.2) is 17.8 Å². The van der Waals surface area contributed by atoms with Gasteiger partial charge in [-0.05, 0) is 43.0 Å². The minimum Gasteiger partial charge on any atom is -0.447 e. The molecule has 5 heterocycles. The molecule has 224 valence electrons. The molecule has 2 aromatic heterocycles. The van der Waals surface area contributed by atoms with Crippen molar-refractivity contribution in [2.75, 3.05) is 29.6 Å². The number of aryl methyl sites for hydroxylation is 1. The van der Waals surface area contributed by atoms with Gasteiger partial charge in [0, 0.05) is 32.7 Å². The lowest BCUT2D eigenvalue weighted by Gasteiger charge is -2.39. The first-order chi connectivity index (χ1) is 20.0. The molecule has 2 saturated heterocycles.